The van der Waals surface area contributed by atoms with Crippen LogP contribution in [-0.2, 0) is 15.7 Å². The molecule has 3 aromatic rings. The minimum Gasteiger partial charge on any atom is -0.440 e. The van der Waals surface area contributed by atoms with Gasteiger partial charge in [-0.3, -0.25) is 4.79 Å². The first-order valence-corrected chi connectivity index (χ1v) is 9.79. The molecule has 2 heterocycles. The molecule has 10 heteroatoms. The summed E-state index contributed by atoms with van der Waals surface area (Å²) >= 11 is 6.31. The van der Waals surface area contributed by atoms with E-state index in [0.717, 1.165) is 35.7 Å². The number of aromatic nitrogens is 3. The number of rotatable bonds is 6. The highest BCUT2D eigenvalue weighted by Crippen LogP contribution is 2.35. The third-order valence-corrected chi connectivity index (χ3v) is 5.13. The molecule has 0 aliphatic heterocycles. The van der Waals surface area contributed by atoms with Gasteiger partial charge in [0.1, 0.15) is 11.5 Å². The molecule has 0 bridgehead atoms. The van der Waals surface area contributed by atoms with Crippen molar-refractivity contribution >= 4 is 17.6 Å². The van der Waals surface area contributed by atoms with Crippen LogP contribution >= 0.6 is 11.6 Å². The number of aryl methyl sites for hydroxylation is 1. The van der Waals surface area contributed by atoms with Crippen LogP contribution in [0.4, 0.5) is 13.2 Å². The zero-order valence-electron chi connectivity index (χ0n) is 16.3. The molecule has 0 atom stereocenters. The quantitative estimate of drug-likeness (QED) is 0.400. The minimum absolute atomic E-state index is 0.00498. The number of alkyl halides is 3. The van der Waals surface area contributed by atoms with Crippen LogP contribution in [0.2, 0.25) is 5.02 Å². The Labute approximate surface area is 180 Å². The van der Waals surface area contributed by atoms with Gasteiger partial charge < -0.3 is 14.5 Å². The number of nitrogens with one attached hydrogen (secondary N) is 1. The van der Waals surface area contributed by atoms with Gasteiger partial charge in [0.2, 0.25) is 12.7 Å². The van der Waals surface area contributed by atoms with Gasteiger partial charge in [0.15, 0.2) is 0 Å². The van der Waals surface area contributed by atoms with Crippen molar-refractivity contribution in [1.29, 1.82) is 0 Å². The summed E-state index contributed by atoms with van der Waals surface area (Å²) in [5.74, 6) is 0.0719. The highest BCUT2D eigenvalue weighted by atomic mass is 35.5. The van der Waals surface area contributed by atoms with Crippen molar-refractivity contribution in [1.82, 2.24) is 15.0 Å². The van der Waals surface area contributed by atoms with Crippen LogP contribution in [-0.4, -0.2) is 27.7 Å². The summed E-state index contributed by atoms with van der Waals surface area (Å²) in [6, 6.07) is 6.65. The van der Waals surface area contributed by atoms with Crippen molar-refractivity contribution in [2.24, 2.45) is 5.92 Å². The van der Waals surface area contributed by atoms with Gasteiger partial charge in [0, 0.05) is 23.4 Å². The molecule has 162 valence electrons. The van der Waals surface area contributed by atoms with E-state index in [2.05, 4.69) is 15.0 Å². The highest BCUT2D eigenvalue weighted by molar-refractivity contribution is 6.33. The predicted molar refractivity (Wildman–Crippen MR) is 106 cm³/mol. The molecule has 4 rings (SSSR count). The number of hydrogen-bond donors (Lipinski definition) is 1. The molecule has 1 aromatic carbocycles. The van der Waals surface area contributed by atoms with Gasteiger partial charge in [-0.1, -0.05) is 17.7 Å². The molecule has 0 unspecified atom stereocenters. The summed E-state index contributed by atoms with van der Waals surface area (Å²) in [6.45, 7) is 1.65. The van der Waals surface area contributed by atoms with Crippen LogP contribution in [0.5, 0.6) is 5.88 Å². The van der Waals surface area contributed by atoms with Crippen molar-refractivity contribution in [3.8, 4) is 28.4 Å². The second-order valence-corrected chi connectivity index (χ2v) is 7.58. The maximum absolute atomic E-state index is 12.8. The smallest absolute Gasteiger partial charge is 0.432 e. The van der Waals surface area contributed by atoms with E-state index in [9.17, 15) is 18.0 Å². The van der Waals surface area contributed by atoms with E-state index >= 15 is 0 Å². The topological polar surface area (TPSA) is 77.1 Å². The minimum atomic E-state index is -4.51. The number of benzene rings is 1. The zero-order chi connectivity index (χ0) is 22.2. The van der Waals surface area contributed by atoms with Gasteiger partial charge in [0.25, 0.3) is 0 Å². The number of aromatic amines is 1. The van der Waals surface area contributed by atoms with Crippen molar-refractivity contribution < 1.29 is 27.4 Å². The van der Waals surface area contributed by atoms with Gasteiger partial charge in [-0.05, 0) is 43.0 Å². The van der Waals surface area contributed by atoms with Crippen molar-refractivity contribution in [2.45, 2.75) is 25.9 Å². The van der Waals surface area contributed by atoms with Crippen LogP contribution in [0.1, 0.15) is 24.1 Å². The third kappa shape index (κ3) is 4.82. The van der Waals surface area contributed by atoms with Crippen molar-refractivity contribution in [3.63, 3.8) is 0 Å². The van der Waals surface area contributed by atoms with E-state index in [4.69, 9.17) is 21.1 Å². The molecule has 1 fully saturated rings. The van der Waals surface area contributed by atoms with E-state index in [1.54, 1.807) is 30.5 Å². The van der Waals surface area contributed by atoms with Crippen LogP contribution < -0.4 is 4.74 Å². The van der Waals surface area contributed by atoms with Crippen LogP contribution in [0.25, 0.3) is 22.5 Å². The van der Waals surface area contributed by atoms with E-state index < -0.39 is 11.9 Å². The Morgan fingerprint density at radius 1 is 1.19 bits per heavy atom. The lowest BCUT2D eigenvalue weighted by Crippen LogP contribution is -2.12. The van der Waals surface area contributed by atoms with Gasteiger partial charge in [0.05, 0.1) is 17.1 Å². The van der Waals surface area contributed by atoms with E-state index in [1.165, 1.54) is 0 Å². The zero-order valence-corrected chi connectivity index (χ0v) is 17.0. The molecule has 1 aliphatic carbocycles. The molecule has 1 saturated carbocycles. The number of pyridine rings is 1. The summed E-state index contributed by atoms with van der Waals surface area (Å²) in [5.41, 5.74) is 1.74. The number of hydrogen-bond acceptors (Lipinski definition) is 5. The fraction of sp³-hybridized carbons (Fsp3) is 0.286. The summed E-state index contributed by atoms with van der Waals surface area (Å²) in [7, 11) is 0. The van der Waals surface area contributed by atoms with Gasteiger partial charge in [-0.2, -0.15) is 13.2 Å². The number of carbonyl (C=O) groups excluding carboxylic acids is 1. The number of imidazole rings is 1. The monoisotopic (exact) mass is 451 g/mol. The number of halogens is 4. The van der Waals surface area contributed by atoms with Crippen LogP contribution in [0.15, 0.2) is 36.7 Å². The molecule has 0 radical (unpaired) electrons. The Hall–Kier alpha value is -3.07. The number of ether oxygens (including phenoxy) is 2. The Balaban J connectivity index is 1.48. The average molecular weight is 452 g/mol. The lowest BCUT2D eigenvalue weighted by molar-refractivity contribution is -0.151. The van der Waals surface area contributed by atoms with E-state index in [1.807, 2.05) is 6.92 Å². The SMILES string of the molecule is Cc1cc(OCOC(=O)C2CC2)ncc1-c1ccc(-c2ncc(C(F)(F)F)[nH]2)c(Cl)c1. The largest absolute Gasteiger partial charge is 0.440 e. The average Bonchev–Trinajstić information content (AvgIpc) is 3.44. The lowest BCUT2D eigenvalue weighted by Gasteiger charge is -2.11. The molecule has 0 amide bonds. The molecule has 0 spiro atoms. The molecule has 31 heavy (non-hydrogen) atoms. The van der Waals surface area contributed by atoms with Crippen LogP contribution in [0.3, 0.4) is 0 Å². The first-order valence-electron chi connectivity index (χ1n) is 9.41. The number of esters is 1. The Morgan fingerprint density at radius 3 is 2.58 bits per heavy atom. The number of carbonyl (C=O) groups is 1. The normalized spacial score (nSPS) is 13.8. The maximum atomic E-state index is 12.8. The second-order valence-electron chi connectivity index (χ2n) is 7.18. The maximum Gasteiger partial charge on any atom is 0.432 e. The summed E-state index contributed by atoms with van der Waals surface area (Å²) < 4.78 is 48.8. The molecular weight excluding hydrogens is 435 g/mol. The predicted octanol–water partition coefficient (Wildman–Crippen LogP) is 5.41. The second kappa shape index (κ2) is 8.22. The fourth-order valence-electron chi connectivity index (χ4n) is 2.97. The first-order chi connectivity index (χ1) is 14.7. The fourth-order valence-corrected chi connectivity index (χ4v) is 3.24. The van der Waals surface area contributed by atoms with E-state index in [0.29, 0.717) is 11.4 Å². The molecule has 1 N–H and O–H groups in total. The Bertz CT molecular complexity index is 1130. The van der Waals surface area contributed by atoms with Crippen molar-refractivity contribution in [2.75, 3.05) is 6.79 Å². The summed E-state index contributed by atoms with van der Waals surface area (Å²) in [4.78, 5) is 21.7. The molecule has 1 aliphatic rings. The summed E-state index contributed by atoms with van der Waals surface area (Å²) in [6.07, 6.45) is -0.479. The molecule has 2 aromatic heterocycles. The third-order valence-electron chi connectivity index (χ3n) is 4.82. The number of H-pyrrole nitrogens is 1. The first kappa shape index (κ1) is 21.2. The van der Waals surface area contributed by atoms with Gasteiger partial charge >= 0.3 is 12.1 Å². The standard InChI is InChI=1S/C21H17ClF3N3O3/c1-11-6-18(30-10-31-20(29)12-2-3-12)26-8-15(11)13-4-5-14(16(22)7-13)19-27-9-17(28-19)21(23,24)25/h4-9,12H,2-3,10H2,1H3,(H,27,28). The molecular formula is C21H17ClF3N3O3. The number of nitrogens with zero attached hydrogens (tertiary/aromatic N) is 2. The van der Waals surface area contributed by atoms with Gasteiger partial charge in [-0.25, -0.2) is 9.97 Å². The molecule has 0 saturated heterocycles. The highest BCUT2D eigenvalue weighted by Gasteiger charge is 2.33. The Morgan fingerprint density at radius 2 is 1.97 bits per heavy atom. The summed E-state index contributed by atoms with van der Waals surface area (Å²) in [5, 5.41) is 0.243. The molecule has 6 nitrogen and oxygen atoms in total. The van der Waals surface area contributed by atoms with Crippen molar-refractivity contribution in [3.05, 3.63) is 52.9 Å². The van der Waals surface area contributed by atoms with Crippen LogP contribution in [0, 0.1) is 12.8 Å². The van der Waals surface area contributed by atoms with Gasteiger partial charge in [-0.15, -0.1) is 0 Å². The van der Waals surface area contributed by atoms with E-state index in [-0.39, 0.29) is 29.5 Å². The lowest BCUT2D eigenvalue weighted by atomic mass is 10.0. The Kier molecular flexibility index (Phi) is 5.62.